The topological polar surface area (TPSA) is 23.6 Å². The molecule has 0 aromatic heterocycles. The fourth-order valence-corrected chi connectivity index (χ4v) is 2.54. The van der Waals surface area contributed by atoms with E-state index in [2.05, 4.69) is 4.90 Å². The molecule has 3 nitrogen and oxygen atoms in total. The Balaban J connectivity index is 2.28. The van der Waals surface area contributed by atoms with E-state index in [-0.39, 0.29) is 5.82 Å². The molecule has 0 spiro atoms. The Morgan fingerprint density at radius 1 is 1.44 bits per heavy atom. The molecule has 1 aliphatic heterocycles. The van der Waals surface area contributed by atoms with Gasteiger partial charge in [-0.25, -0.2) is 4.39 Å². The Labute approximate surface area is 107 Å². The Morgan fingerprint density at radius 2 is 2.22 bits per heavy atom. The third-order valence-electron chi connectivity index (χ3n) is 3.59. The predicted molar refractivity (Wildman–Crippen MR) is 70.7 cm³/mol. The van der Waals surface area contributed by atoms with Crippen LogP contribution >= 0.6 is 0 Å². The number of rotatable bonds is 3. The maximum atomic E-state index is 13.9. The van der Waals surface area contributed by atoms with E-state index >= 15 is 0 Å². The molecular weight excluding hydrogens is 231 g/mol. The molecule has 1 aromatic carbocycles. The molecule has 0 amide bonds. The van der Waals surface area contributed by atoms with Crippen molar-refractivity contribution in [2.45, 2.75) is 18.9 Å². The lowest BCUT2D eigenvalue weighted by atomic mass is 10.0. The highest BCUT2D eigenvalue weighted by atomic mass is 19.1. The molecule has 1 atom stereocenters. The Bertz CT molecular complexity index is 434. The van der Waals surface area contributed by atoms with Gasteiger partial charge in [0.15, 0.2) is 6.29 Å². The molecule has 98 valence electrons. The van der Waals surface area contributed by atoms with Gasteiger partial charge in [0.25, 0.3) is 0 Å². The van der Waals surface area contributed by atoms with E-state index in [0.717, 1.165) is 32.2 Å². The quantitative estimate of drug-likeness (QED) is 0.768. The summed E-state index contributed by atoms with van der Waals surface area (Å²) in [5.41, 5.74) is 0.897. The van der Waals surface area contributed by atoms with Gasteiger partial charge in [0.2, 0.25) is 0 Å². The van der Waals surface area contributed by atoms with Crippen molar-refractivity contribution in [2.75, 3.05) is 32.1 Å². The molecule has 18 heavy (non-hydrogen) atoms. The van der Waals surface area contributed by atoms with Crippen molar-refractivity contribution in [3.63, 3.8) is 0 Å². The van der Waals surface area contributed by atoms with Gasteiger partial charge in [-0.3, -0.25) is 4.79 Å². The fourth-order valence-electron chi connectivity index (χ4n) is 2.54. The Morgan fingerprint density at radius 3 is 2.89 bits per heavy atom. The number of piperidine rings is 1. The van der Waals surface area contributed by atoms with Crippen LogP contribution in [0.5, 0.6) is 0 Å². The zero-order valence-corrected chi connectivity index (χ0v) is 10.9. The number of nitrogens with zero attached hydrogens (tertiary/aromatic N) is 2. The van der Waals surface area contributed by atoms with E-state index in [4.69, 9.17) is 0 Å². The van der Waals surface area contributed by atoms with Crippen LogP contribution in [-0.2, 0) is 0 Å². The average Bonchev–Trinajstić information content (AvgIpc) is 2.38. The van der Waals surface area contributed by atoms with Gasteiger partial charge in [-0.1, -0.05) is 6.07 Å². The molecule has 0 radical (unpaired) electrons. The second kappa shape index (κ2) is 5.48. The number of carbonyl (C=O) groups is 1. The van der Waals surface area contributed by atoms with E-state index in [1.807, 2.05) is 19.0 Å². The highest BCUT2D eigenvalue weighted by Crippen LogP contribution is 2.27. The highest BCUT2D eigenvalue weighted by molar-refractivity contribution is 5.84. The van der Waals surface area contributed by atoms with Crippen molar-refractivity contribution >= 4 is 12.0 Å². The van der Waals surface area contributed by atoms with Crippen LogP contribution in [0.2, 0.25) is 0 Å². The van der Waals surface area contributed by atoms with Crippen LogP contribution < -0.4 is 4.90 Å². The first-order valence-corrected chi connectivity index (χ1v) is 6.28. The molecule has 1 heterocycles. The number of likely N-dealkylation sites (N-methyl/N-ethyl adjacent to an activating group) is 1. The first-order chi connectivity index (χ1) is 8.63. The number of halogens is 1. The van der Waals surface area contributed by atoms with Gasteiger partial charge in [0.1, 0.15) is 5.82 Å². The second-order valence-electron chi connectivity index (χ2n) is 5.00. The van der Waals surface area contributed by atoms with Crippen LogP contribution in [0.4, 0.5) is 10.1 Å². The average molecular weight is 250 g/mol. The Kier molecular flexibility index (Phi) is 3.97. The predicted octanol–water partition coefficient (Wildman–Crippen LogP) is 2.17. The molecule has 0 aliphatic carbocycles. The molecule has 1 aliphatic rings. The summed E-state index contributed by atoms with van der Waals surface area (Å²) >= 11 is 0. The molecule has 0 bridgehead atoms. The van der Waals surface area contributed by atoms with Crippen molar-refractivity contribution in [3.8, 4) is 0 Å². The fraction of sp³-hybridized carbons (Fsp3) is 0.500. The van der Waals surface area contributed by atoms with Crippen molar-refractivity contribution in [3.05, 3.63) is 29.6 Å². The van der Waals surface area contributed by atoms with Crippen LogP contribution in [-0.4, -0.2) is 44.4 Å². The molecule has 4 heteroatoms. The molecule has 0 N–H and O–H groups in total. The van der Waals surface area contributed by atoms with Gasteiger partial charge >= 0.3 is 0 Å². The van der Waals surface area contributed by atoms with Crippen LogP contribution in [0, 0.1) is 5.82 Å². The van der Waals surface area contributed by atoms with Gasteiger partial charge in [0.05, 0.1) is 5.69 Å². The second-order valence-corrected chi connectivity index (χ2v) is 5.00. The van der Waals surface area contributed by atoms with Gasteiger partial charge in [-0.2, -0.15) is 0 Å². The molecule has 0 saturated carbocycles. The highest BCUT2D eigenvalue weighted by Gasteiger charge is 2.24. The number of benzene rings is 1. The summed E-state index contributed by atoms with van der Waals surface area (Å²) in [6.45, 7) is 1.58. The van der Waals surface area contributed by atoms with Crippen LogP contribution in [0.15, 0.2) is 18.2 Å². The van der Waals surface area contributed by atoms with Crippen molar-refractivity contribution in [2.24, 2.45) is 0 Å². The minimum absolute atomic E-state index is 0.306. The van der Waals surface area contributed by atoms with Gasteiger partial charge in [-0.05, 0) is 39.1 Å². The number of carbonyl (C=O) groups excluding carboxylic acids is 1. The summed E-state index contributed by atoms with van der Waals surface area (Å²) < 4.78 is 13.9. The number of aldehydes is 1. The van der Waals surface area contributed by atoms with E-state index in [1.165, 1.54) is 6.07 Å². The summed E-state index contributed by atoms with van der Waals surface area (Å²) in [5, 5.41) is 0. The van der Waals surface area contributed by atoms with Crippen molar-refractivity contribution in [1.82, 2.24) is 4.90 Å². The number of anilines is 1. The lowest BCUT2D eigenvalue weighted by molar-refractivity contribution is 0.112. The number of hydrogen-bond donors (Lipinski definition) is 0. The molecule has 1 fully saturated rings. The normalized spacial score (nSPS) is 20.2. The molecule has 1 saturated heterocycles. The van der Waals surface area contributed by atoms with Crippen LogP contribution in [0.3, 0.4) is 0 Å². The summed E-state index contributed by atoms with van der Waals surface area (Å²) in [4.78, 5) is 15.2. The number of para-hydroxylation sites is 1. The van der Waals surface area contributed by atoms with E-state index < -0.39 is 0 Å². The van der Waals surface area contributed by atoms with Crippen LogP contribution in [0.25, 0.3) is 0 Å². The summed E-state index contributed by atoms with van der Waals surface area (Å²) in [5.74, 6) is -0.306. The minimum Gasteiger partial charge on any atom is -0.367 e. The summed E-state index contributed by atoms with van der Waals surface area (Å²) in [7, 11) is 4.08. The third-order valence-corrected chi connectivity index (χ3v) is 3.59. The minimum atomic E-state index is -0.306. The van der Waals surface area contributed by atoms with Gasteiger partial charge in [-0.15, -0.1) is 0 Å². The maximum Gasteiger partial charge on any atom is 0.152 e. The lowest BCUT2D eigenvalue weighted by Gasteiger charge is -2.38. The largest absolute Gasteiger partial charge is 0.367 e. The first kappa shape index (κ1) is 13.0. The van der Waals surface area contributed by atoms with Gasteiger partial charge in [0, 0.05) is 24.7 Å². The molecule has 1 unspecified atom stereocenters. The number of hydrogen-bond acceptors (Lipinski definition) is 3. The van der Waals surface area contributed by atoms with Crippen LogP contribution in [0.1, 0.15) is 23.2 Å². The third kappa shape index (κ3) is 2.53. The standard InChI is InChI=1S/C14H19FN2O/c1-16(2)12-6-4-8-17(9-12)14-11(10-18)5-3-7-13(14)15/h3,5,7,10,12H,4,6,8-9H2,1-2H3. The molecular formula is C14H19FN2O. The molecule has 1 aromatic rings. The van der Waals surface area contributed by atoms with Gasteiger partial charge < -0.3 is 9.80 Å². The zero-order chi connectivity index (χ0) is 13.1. The lowest BCUT2D eigenvalue weighted by Crippen LogP contribution is -2.45. The maximum absolute atomic E-state index is 13.9. The SMILES string of the molecule is CN(C)C1CCCN(c2c(F)cccc2C=O)C1. The zero-order valence-electron chi connectivity index (χ0n) is 10.9. The smallest absolute Gasteiger partial charge is 0.152 e. The van der Waals surface area contributed by atoms with Crippen molar-refractivity contribution < 1.29 is 9.18 Å². The summed E-state index contributed by atoms with van der Waals surface area (Å²) in [6, 6.07) is 5.08. The Hall–Kier alpha value is -1.42. The monoisotopic (exact) mass is 250 g/mol. The van der Waals surface area contributed by atoms with E-state index in [9.17, 15) is 9.18 Å². The van der Waals surface area contributed by atoms with E-state index in [0.29, 0.717) is 17.3 Å². The van der Waals surface area contributed by atoms with Crippen molar-refractivity contribution in [1.29, 1.82) is 0 Å². The summed E-state index contributed by atoms with van der Waals surface area (Å²) in [6.07, 6.45) is 2.88. The molecule has 2 rings (SSSR count). The van der Waals surface area contributed by atoms with E-state index in [1.54, 1.807) is 12.1 Å². The first-order valence-electron chi connectivity index (χ1n) is 6.28.